The summed E-state index contributed by atoms with van der Waals surface area (Å²) in [6, 6.07) is -0.617. The Bertz CT molecular complexity index is 523. The van der Waals surface area contributed by atoms with Crippen LogP contribution in [0.1, 0.15) is 32.6 Å². The standard InChI is InChI=1S/C13H22N2O5S/c1-13(11(16)17)4-6-15(7-5-13)12(18)14-10-3-2-8-21(19,20)9-10/h10H,2-9H2,1H3,(H,14,18)(H,16,17). The molecule has 0 radical (unpaired) electrons. The lowest BCUT2D eigenvalue weighted by Crippen LogP contribution is -2.52. The number of carboxylic acid groups (broad SMARTS) is 1. The summed E-state index contributed by atoms with van der Waals surface area (Å²) in [6.45, 7) is 2.46. The zero-order valence-electron chi connectivity index (χ0n) is 12.2. The molecule has 2 saturated heterocycles. The fourth-order valence-electron chi connectivity index (χ4n) is 2.82. The Morgan fingerprint density at radius 3 is 2.43 bits per heavy atom. The summed E-state index contributed by atoms with van der Waals surface area (Å²) >= 11 is 0. The number of hydrogen-bond donors (Lipinski definition) is 2. The molecule has 0 saturated carbocycles. The maximum absolute atomic E-state index is 12.1. The van der Waals surface area contributed by atoms with Crippen LogP contribution in [-0.4, -0.2) is 61.1 Å². The molecule has 2 aliphatic heterocycles. The molecular weight excluding hydrogens is 296 g/mol. The first-order valence-corrected chi connectivity index (χ1v) is 9.03. The quantitative estimate of drug-likeness (QED) is 0.770. The smallest absolute Gasteiger partial charge is 0.317 e. The van der Waals surface area contributed by atoms with Gasteiger partial charge in [-0.15, -0.1) is 0 Å². The topological polar surface area (TPSA) is 104 Å². The minimum atomic E-state index is -3.05. The largest absolute Gasteiger partial charge is 0.481 e. The predicted molar refractivity (Wildman–Crippen MR) is 76.8 cm³/mol. The molecule has 2 fully saturated rings. The molecule has 0 spiro atoms. The Kier molecular flexibility index (Phi) is 4.46. The maximum Gasteiger partial charge on any atom is 0.317 e. The molecule has 0 aliphatic carbocycles. The summed E-state index contributed by atoms with van der Waals surface area (Å²) in [5.41, 5.74) is -0.773. The molecule has 0 aromatic heterocycles. The van der Waals surface area contributed by atoms with Crippen molar-refractivity contribution in [3.63, 3.8) is 0 Å². The van der Waals surface area contributed by atoms with Crippen molar-refractivity contribution in [1.29, 1.82) is 0 Å². The van der Waals surface area contributed by atoms with Crippen LogP contribution in [0.4, 0.5) is 4.79 Å². The molecule has 7 nitrogen and oxygen atoms in total. The third-order valence-electron chi connectivity index (χ3n) is 4.46. The van der Waals surface area contributed by atoms with Crippen molar-refractivity contribution in [1.82, 2.24) is 10.2 Å². The molecule has 21 heavy (non-hydrogen) atoms. The summed E-state index contributed by atoms with van der Waals surface area (Å²) in [5.74, 6) is -0.639. The van der Waals surface area contributed by atoms with E-state index in [1.807, 2.05) is 0 Å². The molecule has 2 amide bonds. The van der Waals surface area contributed by atoms with E-state index in [4.69, 9.17) is 5.11 Å². The molecule has 120 valence electrons. The van der Waals surface area contributed by atoms with Crippen molar-refractivity contribution in [2.45, 2.75) is 38.6 Å². The summed E-state index contributed by atoms with van der Waals surface area (Å²) < 4.78 is 23.1. The molecule has 0 bridgehead atoms. The van der Waals surface area contributed by atoms with Gasteiger partial charge in [-0.05, 0) is 32.6 Å². The van der Waals surface area contributed by atoms with Crippen LogP contribution in [0.3, 0.4) is 0 Å². The second-order valence-electron chi connectivity index (χ2n) is 6.26. The van der Waals surface area contributed by atoms with Crippen molar-refractivity contribution in [3.05, 3.63) is 0 Å². The number of urea groups is 1. The Morgan fingerprint density at radius 1 is 1.29 bits per heavy atom. The molecule has 1 unspecified atom stereocenters. The Morgan fingerprint density at radius 2 is 1.90 bits per heavy atom. The SMILES string of the molecule is CC1(C(=O)O)CCN(C(=O)NC2CCCS(=O)(=O)C2)CC1. The number of carboxylic acids is 1. The van der Waals surface area contributed by atoms with E-state index >= 15 is 0 Å². The average Bonchev–Trinajstić information content (AvgIpc) is 2.38. The number of carbonyl (C=O) groups is 2. The number of nitrogens with one attached hydrogen (secondary N) is 1. The molecule has 1 atom stereocenters. The van der Waals surface area contributed by atoms with E-state index in [9.17, 15) is 18.0 Å². The number of carbonyl (C=O) groups excluding carboxylic acids is 1. The summed E-state index contributed by atoms with van der Waals surface area (Å²) in [4.78, 5) is 24.9. The highest BCUT2D eigenvalue weighted by molar-refractivity contribution is 7.91. The van der Waals surface area contributed by atoms with Gasteiger partial charge in [-0.25, -0.2) is 13.2 Å². The van der Waals surface area contributed by atoms with Crippen LogP contribution >= 0.6 is 0 Å². The molecule has 0 aromatic rings. The first-order valence-electron chi connectivity index (χ1n) is 7.21. The fourth-order valence-corrected chi connectivity index (χ4v) is 4.46. The van der Waals surface area contributed by atoms with Gasteiger partial charge in [0.1, 0.15) is 0 Å². The Labute approximate surface area is 124 Å². The fraction of sp³-hybridized carbons (Fsp3) is 0.846. The number of rotatable bonds is 2. The lowest BCUT2D eigenvalue weighted by atomic mass is 9.80. The predicted octanol–water partition coefficient (Wildman–Crippen LogP) is 0.460. The molecule has 2 aliphatic rings. The van der Waals surface area contributed by atoms with E-state index in [-0.39, 0.29) is 23.6 Å². The van der Waals surface area contributed by atoms with Gasteiger partial charge in [0.25, 0.3) is 0 Å². The molecule has 2 N–H and O–H groups in total. The maximum atomic E-state index is 12.1. The summed E-state index contributed by atoms with van der Waals surface area (Å²) in [5, 5.41) is 11.9. The highest BCUT2D eigenvalue weighted by atomic mass is 32.2. The normalized spacial score (nSPS) is 27.9. The molecule has 8 heteroatoms. The van der Waals surface area contributed by atoms with Crippen LogP contribution in [0.15, 0.2) is 0 Å². The number of sulfone groups is 1. The highest BCUT2D eigenvalue weighted by Gasteiger charge is 2.38. The van der Waals surface area contributed by atoms with E-state index in [2.05, 4.69) is 5.32 Å². The van der Waals surface area contributed by atoms with E-state index in [1.54, 1.807) is 11.8 Å². The van der Waals surface area contributed by atoms with Gasteiger partial charge < -0.3 is 15.3 Å². The first-order chi connectivity index (χ1) is 9.72. The van der Waals surface area contributed by atoms with Gasteiger partial charge in [0.05, 0.1) is 16.9 Å². The minimum Gasteiger partial charge on any atom is -0.481 e. The average molecular weight is 318 g/mol. The summed E-state index contributed by atoms with van der Waals surface area (Å²) in [7, 11) is -3.05. The van der Waals surface area contributed by atoms with Gasteiger partial charge >= 0.3 is 12.0 Å². The molecule has 2 rings (SSSR count). The minimum absolute atomic E-state index is 0.000574. The Balaban J connectivity index is 1.87. The number of aliphatic carboxylic acids is 1. The van der Waals surface area contributed by atoms with Crippen LogP contribution in [-0.2, 0) is 14.6 Å². The zero-order chi connectivity index (χ0) is 15.7. The zero-order valence-corrected chi connectivity index (χ0v) is 13.0. The van der Waals surface area contributed by atoms with Crippen molar-refractivity contribution >= 4 is 21.8 Å². The van der Waals surface area contributed by atoms with Gasteiger partial charge in [0.2, 0.25) is 0 Å². The van der Waals surface area contributed by atoms with Crippen LogP contribution in [0.2, 0.25) is 0 Å². The van der Waals surface area contributed by atoms with E-state index in [1.165, 1.54) is 0 Å². The molecule has 0 aromatic carbocycles. The van der Waals surface area contributed by atoms with E-state index in [0.29, 0.717) is 38.8 Å². The first kappa shape index (κ1) is 16.1. The van der Waals surface area contributed by atoms with Crippen molar-refractivity contribution < 1.29 is 23.1 Å². The van der Waals surface area contributed by atoms with Crippen molar-refractivity contribution in [3.8, 4) is 0 Å². The van der Waals surface area contributed by atoms with Gasteiger partial charge in [0, 0.05) is 19.1 Å². The van der Waals surface area contributed by atoms with Crippen LogP contribution in [0.25, 0.3) is 0 Å². The lowest BCUT2D eigenvalue weighted by Gasteiger charge is -2.37. The van der Waals surface area contributed by atoms with Crippen LogP contribution in [0.5, 0.6) is 0 Å². The lowest BCUT2D eigenvalue weighted by molar-refractivity contribution is -0.150. The highest BCUT2D eigenvalue weighted by Crippen LogP contribution is 2.31. The van der Waals surface area contributed by atoms with Gasteiger partial charge in [0.15, 0.2) is 9.84 Å². The van der Waals surface area contributed by atoms with Crippen LogP contribution < -0.4 is 5.32 Å². The van der Waals surface area contributed by atoms with Crippen molar-refractivity contribution in [2.24, 2.45) is 5.41 Å². The second kappa shape index (κ2) is 5.82. The van der Waals surface area contributed by atoms with Crippen molar-refractivity contribution in [2.75, 3.05) is 24.6 Å². The number of nitrogens with zero attached hydrogens (tertiary/aromatic N) is 1. The number of amides is 2. The number of piperidine rings is 1. The summed E-state index contributed by atoms with van der Waals surface area (Å²) in [6.07, 6.45) is 2.08. The third-order valence-corrected chi connectivity index (χ3v) is 6.28. The number of hydrogen-bond acceptors (Lipinski definition) is 4. The van der Waals surface area contributed by atoms with Gasteiger partial charge in [-0.3, -0.25) is 4.79 Å². The second-order valence-corrected chi connectivity index (χ2v) is 8.48. The molecular formula is C13H22N2O5S. The molecule has 2 heterocycles. The van der Waals surface area contributed by atoms with Crippen LogP contribution in [0, 0.1) is 5.41 Å². The van der Waals surface area contributed by atoms with Gasteiger partial charge in [-0.2, -0.15) is 0 Å². The monoisotopic (exact) mass is 318 g/mol. The van der Waals surface area contributed by atoms with E-state index < -0.39 is 21.2 Å². The third kappa shape index (κ3) is 3.87. The van der Waals surface area contributed by atoms with E-state index in [0.717, 1.165) is 0 Å². The number of likely N-dealkylation sites (tertiary alicyclic amines) is 1. The van der Waals surface area contributed by atoms with Gasteiger partial charge in [-0.1, -0.05) is 0 Å². The Hall–Kier alpha value is -1.31.